The summed E-state index contributed by atoms with van der Waals surface area (Å²) in [5.41, 5.74) is 0. The van der Waals surface area contributed by atoms with Crippen LogP contribution < -0.4 is 0 Å². The number of aromatic nitrogens is 2. The van der Waals surface area contributed by atoms with Crippen LogP contribution in [0.1, 0.15) is 1.37 Å². The van der Waals surface area contributed by atoms with E-state index in [4.69, 9.17) is 24.6 Å². The van der Waals surface area contributed by atoms with Crippen molar-refractivity contribution in [2.75, 3.05) is 0 Å². The molecule has 8 heavy (non-hydrogen) atoms. The Bertz CT molecular complexity index is 177. The van der Waals surface area contributed by atoms with E-state index in [1.54, 1.807) is 0 Å². The Morgan fingerprint density at radius 1 is 1.62 bits per heavy atom. The number of nitrogens with zero attached hydrogens (tertiary/aromatic N) is 2. The van der Waals surface area contributed by atoms with Crippen molar-refractivity contribution in [3.05, 3.63) is 22.7 Å². The summed E-state index contributed by atoms with van der Waals surface area (Å²) in [6.45, 7) is 0. The lowest BCUT2D eigenvalue weighted by Gasteiger charge is -1.85. The minimum Gasteiger partial charge on any atom is -0.226 e. The molecule has 0 bridgehead atoms. The van der Waals surface area contributed by atoms with E-state index in [9.17, 15) is 0 Å². The topological polar surface area (TPSA) is 25.8 Å². The van der Waals surface area contributed by atoms with Gasteiger partial charge >= 0.3 is 0 Å². The molecule has 42 valence electrons. The quantitative estimate of drug-likeness (QED) is 0.416. The molecule has 1 aromatic heterocycles. The normalized spacial score (nSPS) is 11.0. The summed E-state index contributed by atoms with van der Waals surface area (Å²) in [4.78, 5) is 7.01. The molecular weight excluding hydrogens is 147 g/mol. The van der Waals surface area contributed by atoms with Gasteiger partial charge in [-0.1, -0.05) is 11.6 Å². The first kappa shape index (κ1) is 4.53. The number of hydrogen-bond acceptors (Lipinski definition) is 2. The van der Waals surface area contributed by atoms with Gasteiger partial charge < -0.3 is 0 Å². The van der Waals surface area contributed by atoms with Crippen molar-refractivity contribution in [3.63, 3.8) is 0 Å². The van der Waals surface area contributed by atoms with E-state index in [1.807, 2.05) is 0 Å². The first-order valence-electron chi connectivity index (χ1n) is 2.35. The van der Waals surface area contributed by atoms with Crippen LogP contribution in [0.3, 0.4) is 0 Å². The highest BCUT2D eigenvalue weighted by Gasteiger charge is 1.88. The molecule has 0 unspecified atom stereocenters. The van der Waals surface area contributed by atoms with Crippen molar-refractivity contribution in [3.8, 4) is 0 Å². The first-order valence-corrected chi connectivity index (χ1v) is 2.61. The largest absolute Gasteiger partial charge is 0.226 e. The fraction of sp³-hybridized carbons (Fsp3) is 0. The third-order valence-electron chi connectivity index (χ3n) is 0.540. The maximum atomic E-state index is 6.96. The predicted molar refractivity (Wildman–Crippen MR) is 32.1 cm³/mol. The van der Waals surface area contributed by atoms with Crippen LogP contribution >= 0.6 is 23.2 Å². The van der Waals surface area contributed by atoms with Gasteiger partial charge in [0, 0.05) is 6.17 Å². The highest BCUT2D eigenvalue weighted by Crippen LogP contribution is 2.04. The second-order valence-corrected chi connectivity index (χ2v) is 1.81. The lowest BCUT2D eigenvalue weighted by molar-refractivity contribution is 1.17. The summed E-state index contributed by atoms with van der Waals surface area (Å²) >= 11 is 10.7. The molecule has 0 saturated heterocycles. The maximum Gasteiger partial charge on any atom is 0.223 e. The number of halogens is 2. The molecule has 1 aromatic rings. The molecule has 0 N–H and O–H groups in total. The maximum absolute atomic E-state index is 6.96. The van der Waals surface area contributed by atoms with Crippen molar-refractivity contribution in [1.29, 1.82) is 0 Å². The molecule has 1 rings (SSSR count). The van der Waals surface area contributed by atoms with Gasteiger partial charge in [0.15, 0.2) is 0 Å². The zero-order valence-corrected chi connectivity index (χ0v) is 5.24. The third kappa shape index (κ3) is 1.32. The van der Waals surface area contributed by atoms with Crippen molar-refractivity contribution in [2.45, 2.75) is 0 Å². The van der Waals surface area contributed by atoms with Crippen molar-refractivity contribution in [1.82, 2.24) is 9.97 Å². The average Bonchev–Trinajstić information content (AvgIpc) is 1.59. The number of hydrogen-bond donors (Lipinski definition) is 0. The Balaban J connectivity index is 3.17. The van der Waals surface area contributed by atoms with Gasteiger partial charge in [-0.2, -0.15) is 0 Å². The van der Waals surface area contributed by atoms with Crippen LogP contribution in [-0.4, -0.2) is 9.97 Å². The molecule has 0 aliphatic rings. The molecule has 0 aliphatic carbocycles. The van der Waals surface area contributed by atoms with Crippen LogP contribution in [0.5, 0.6) is 0 Å². The van der Waals surface area contributed by atoms with E-state index in [2.05, 4.69) is 9.97 Å². The Hall–Kier alpha value is -0.340. The van der Waals surface area contributed by atoms with E-state index in [-0.39, 0.29) is 16.6 Å². The smallest absolute Gasteiger partial charge is 0.223 e. The second-order valence-electron chi connectivity index (χ2n) is 1.09. The molecule has 0 saturated carbocycles. The molecule has 0 amide bonds. The van der Waals surface area contributed by atoms with Gasteiger partial charge in [0.25, 0.3) is 0 Å². The SMILES string of the molecule is [2H]c1cc(Cl)nc(Cl)n1. The van der Waals surface area contributed by atoms with Crippen LogP contribution in [0.25, 0.3) is 0 Å². The summed E-state index contributed by atoms with van der Waals surface area (Å²) in [6.07, 6.45) is 0.0278. The highest BCUT2D eigenvalue weighted by atomic mass is 35.5. The lowest BCUT2D eigenvalue weighted by atomic mass is 10.7. The Labute approximate surface area is 57.9 Å². The van der Waals surface area contributed by atoms with Gasteiger partial charge in [-0.05, 0) is 17.7 Å². The fourth-order valence-electron chi connectivity index (χ4n) is 0.284. The van der Waals surface area contributed by atoms with Gasteiger partial charge in [0.2, 0.25) is 5.28 Å². The molecule has 0 spiro atoms. The van der Waals surface area contributed by atoms with Crippen LogP contribution in [0, 0.1) is 0 Å². The molecule has 1 heterocycles. The van der Waals surface area contributed by atoms with Gasteiger partial charge in [0.05, 0.1) is 1.37 Å². The lowest BCUT2D eigenvalue weighted by Crippen LogP contribution is -1.77. The predicted octanol–water partition coefficient (Wildman–Crippen LogP) is 1.78. The third-order valence-corrected chi connectivity index (χ3v) is 0.902. The van der Waals surface area contributed by atoms with E-state index in [0.29, 0.717) is 0 Å². The molecule has 0 aromatic carbocycles. The molecule has 2 nitrogen and oxygen atoms in total. The first-order chi connectivity index (χ1) is 4.18. The number of rotatable bonds is 0. The van der Waals surface area contributed by atoms with Crippen molar-refractivity contribution >= 4 is 23.2 Å². The van der Waals surface area contributed by atoms with E-state index < -0.39 is 0 Å². The zero-order chi connectivity index (χ0) is 6.85. The second kappa shape index (κ2) is 2.29. The molecular formula is C4H2Cl2N2. The minimum atomic E-state index is 0.00694. The molecule has 0 atom stereocenters. The van der Waals surface area contributed by atoms with Gasteiger partial charge in [0.1, 0.15) is 5.15 Å². The molecule has 4 heteroatoms. The monoisotopic (exact) mass is 149 g/mol. The van der Waals surface area contributed by atoms with E-state index in [1.165, 1.54) is 6.07 Å². The van der Waals surface area contributed by atoms with Crippen LogP contribution in [-0.2, 0) is 0 Å². The summed E-state index contributed by atoms with van der Waals surface area (Å²) in [6, 6.07) is 1.31. The van der Waals surface area contributed by atoms with Crippen molar-refractivity contribution < 1.29 is 1.37 Å². The van der Waals surface area contributed by atoms with Crippen LogP contribution in [0.4, 0.5) is 0 Å². The van der Waals surface area contributed by atoms with E-state index >= 15 is 0 Å². The van der Waals surface area contributed by atoms with Crippen LogP contribution in [0.15, 0.2) is 12.2 Å². The summed E-state index contributed by atoms with van der Waals surface area (Å²) in [5.74, 6) is 0. The van der Waals surface area contributed by atoms with Crippen molar-refractivity contribution in [2.24, 2.45) is 0 Å². The van der Waals surface area contributed by atoms with Crippen LogP contribution in [0.2, 0.25) is 10.4 Å². The zero-order valence-electron chi connectivity index (χ0n) is 4.73. The molecule has 0 radical (unpaired) electrons. The average molecular weight is 150 g/mol. The van der Waals surface area contributed by atoms with Gasteiger partial charge in [-0.15, -0.1) is 0 Å². The fourth-order valence-corrected chi connectivity index (χ4v) is 0.596. The highest BCUT2D eigenvalue weighted by molar-refractivity contribution is 6.31. The Morgan fingerprint density at radius 3 is 2.88 bits per heavy atom. The van der Waals surface area contributed by atoms with E-state index in [0.717, 1.165) is 0 Å². The summed E-state index contributed by atoms with van der Waals surface area (Å²) in [7, 11) is 0. The summed E-state index contributed by atoms with van der Waals surface area (Å²) < 4.78 is 6.96. The van der Waals surface area contributed by atoms with Gasteiger partial charge in [-0.25, -0.2) is 9.97 Å². The standard InChI is InChI=1S/C4H2Cl2N2/c5-3-1-2-7-4(6)8-3/h1-2H/i2D. The molecule has 0 fully saturated rings. The summed E-state index contributed by atoms with van der Waals surface area (Å²) in [5, 5.41) is 0.201. The Morgan fingerprint density at radius 2 is 2.38 bits per heavy atom. The Kier molecular flexibility index (Phi) is 1.29. The van der Waals surface area contributed by atoms with Gasteiger partial charge in [-0.3, -0.25) is 0 Å². The minimum absolute atomic E-state index is 0.00694. The molecule has 0 aliphatic heterocycles.